The Hall–Kier alpha value is -3.35. The molecule has 2 aliphatic carbocycles. The summed E-state index contributed by atoms with van der Waals surface area (Å²) in [5.74, 6) is -0.236. The van der Waals surface area contributed by atoms with Crippen LogP contribution in [-0.2, 0) is 12.6 Å². The fourth-order valence-corrected chi connectivity index (χ4v) is 4.79. The number of para-hydroxylation sites is 1. The van der Waals surface area contributed by atoms with Gasteiger partial charge in [-0.15, -0.1) is 0 Å². The number of fused-ring (bicyclic) bond motifs is 5. The number of aromatic nitrogens is 5. The van der Waals surface area contributed by atoms with Gasteiger partial charge in [0.2, 0.25) is 0 Å². The molecule has 0 spiro atoms. The van der Waals surface area contributed by atoms with E-state index in [2.05, 4.69) is 28.9 Å². The van der Waals surface area contributed by atoms with Gasteiger partial charge in [0, 0.05) is 24.7 Å². The van der Waals surface area contributed by atoms with E-state index in [1.54, 1.807) is 28.9 Å². The molecule has 0 fully saturated rings. The molecule has 2 aromatic heterocycles. The number of allylic oxidation sites excluding steroid dienone is 3. The average Bonchev–Trinajstić information content (AvgIpc) is 3.33. The number of H-pyrrole nitrogens is 1. The zero-order valence-electron chi connectivity index (χ0n) is 15.1. The third-order valence-corrected chi connectivity index (χ3v) is 5.82. The van der Waals surface area contributed by atoms with Gasteiger partial charge in [-0.1, -0.05) is 42.5 Å². The Bertz CT molecular complexity index is 1190. The molecule has 7 nitrogen and oxygen atoms in total. The zero-order chi connectivity index (χ0) is 18.9. The first-order chi connectivity index (χ1) is 13.0. The van der Waals surface area contributed by atoms with Crippen molar-refractivity contribution in [3.8, 4) is 5.69 Å². The summed E-state index contributed by atoms with van der Waals surface area (Å²) < 4.78 is 4.42. The van der Waals surface area contributed by atoms with Crippen LogP contribution in [0.1, 0.15) is 30.0 Å². The Morgan fingerprint density at radius 3 is 2.56 bits per heavy atom. The summed E-state index contributed by atoms with van der Waals surface area (Å²) in [4.78, 5) is 26.0. The molecule has 27 heavy (non-hydrogen) atoms. The molecule has 3 atom stereocenters. The number of nitrogens with zero attached hydrogens (tertiary/aromatic N) is 4. The van der Waals surface area contributed by atoms with Crippen LogP contribution in [0, 0.1) is 0 Å². The van der Waals surface area contributed by atoms with Crippen molar-refractivity contribution in [1.29, 1.82) is 0 Å². The maximum absolute atomic E-state index is 13.3. The van der Waals surface area contributed by atoms with Crippen molar-refractivity contribution in [3.05, 3.63) is 93.1 Å². The van der Waals surface area contributed by atoms with Gasteiger partial charge in [-0.25, -0.2) is 23.9 Å². The summed E-state index contributed by atoms with van der Waals surface area (Å²) in [7, 11) is 1.89. The predicted molar refractivity (Wildman–Crippen MR) is 101 cm³/mol. The molecule has 0 saturated carbocycles. The Kier molecular flexibility index (Phi) is 2.99. The lowest BCUT2D eigenvalue weighted by Gasteiger charge is -2.35. The van der Waals surface area contributed by atoms with Crippen LogP contribution in [0.3, 0.4) is 0 Å². The van der Waals surface area contributed by atoms with Crippen LogP contribution in [0.15, 0.2) is 70.4 Å². The summed E-state index contributed by atoms with van der Waals surface area (Å²) >= 11 is 0. The topological polar surface area (TPSA) is 77.6 Å². The molecule has 3 unspecified atom stereocenters. The van der Waals surface area contributed by atoms with Gasteiger partial charge in [0.1, 0.15) is 5.54 Å². The van der Waals surface area contributed by atoms with Gasteiger partial charge < -0.3 is 0 Å². The van der Waals surface area contributed by atoms with Gasteiger partial charge in [-0.2, -0.15) is 5.10 Å². The van der Waals surface area contributed by atoms with Crippen molar-refractivity contribution in [3.63, 3.8) is 0 Å². The number of benzene rings is 1. The van der Waals surface area contributed by atoms with E-state index in [1.807, 2.05) is 26.2 Å². The second kappa shape index (κ2) is 5.09. The van der Waals surface area contributed by atoms with Gasteiger partial charge in [0.25, 0.3) is 0 Å². The average molecular weight is 361 g/mol. The van der Waals surface area contributed by atoms with Crippen LogP contribution in [0.2, 0.25) is 0 Å². The highest BCUT2D eigenvalue weighted by Crippen LogP contribution is 2.61. The Morgan fingerprint density at radius 1 is 1.19 bits per heavy atom. The molecule has 0 amide bonds. The lowest BCUT2D eigenvalue weighted by Crippen LogP contribution is -2.46. The van der Waals surface area contributed by atoms with Crippen LogP contribution in [-0.4, -0.2) is 24.1 Å². The number of rotatable bonds is 3. The fourth-order valence-electron chi connectivity index (χ4n) is 4.79. The fraction of sp³-hybridized carbons (Fsp3) is 0.250. The normalized spacial score (nSPS) is 25.1. The highest BCUT2D eigenvalue weighted by atomic mass is 16.2. The van der Waals surface area contributed by atoms with Gasteiger partial charge in [-0.3, -0.25) is 4.68 Å². The molecule has 136 valence electrons. The predicted octanol–water partition coefficient (Wildman–Crippen LogP) is 1.78. The third-order valence-electron chi connectivity index (χ3n) is 5.82. The zero-order valence-corrected chi connectivity index (χ0v) is 15.1. The van der Waals surface area contributed by atoms with Crippen LogP contribution in [0.25, 0.3) is 5.69 Å². The van der Waals surface area contributed by atoms with Crippen molar-refractivity contribution in [2.75, 3.05) is 0 Å². The van der Waals surface area contributed by atoms with Gasteiger partial charge in [0.05, 0.1) is 17.3 Å². The molecule has 5 rings (SSSR count). The Labute approximate surface area is 154 Å². The second-order valence-electron chi connectivity index (χ2n) is 7.30. The van der Waals surface area contributed by atoms with E-state index in [0.29, 0.717) is 5.69 Å². The molecular weight excluding hydrogens is 342 g/mol. The standard InChI is InChI=1S/C20H19N5O2/c1-12(2)20(15-9-10-16(20)17-14(15)11-23(3)21-17)25-19(27)24(18(26)22-25)13-7-5-4-6-8-13/h4-11,15-16H,1H2,2-3H3,(H,22,26). The number of hydrogen-bond acceptors (Lipinski definition) is 3. The molecule has 1 N–H and O–H groups in total. The maximum atomic E-state index is 13.3. The summed E-state index contributed by atoms with van der Waals surface area (Å²) in [5, 5.41) is 7.40. The first-order valence-electron chi connectivity index (χ1n) is 8.84. The number of nitrogens with one attached hydrogen (secondary N) is 1. The first-order valence-corrected chi connectivity index (χ1v) is 8.84. The highest BCUT2D eigenvalue weighted by Gasteiger charge is 2.59. The molecule has 0 aliphatic heterocycles. The summed E-state index contributed by atoms with van der Waals surface area (Å²) in [6, 6.07) is 8.93. The van der Waals surface area contributed by atoms with Crippen molar-refractivity contribution in [2.24, 2.45) is 7.05 Å². The highest BCUT2D eigenvalue weighted by molar-refractivity contribution is 5.54. The molecule has 3 aromatic rings. The molecule has 2 heterocycles. The first kappa shape index (κ1) is 15.9. The van der Waals surface area contributed by atoms with Gasteiger partial charge in [-0.05, 0) is 19.1 Å². The molecule has 7 heteroatoms. The van der Waals surface area contributed by atoms with E-state index >= 15 is 0 Å². The van der Waals surface area contributed by atoms with Crippen LogP contribution >= 0.6 is 0 Å². The quantitative estimate of drug-likeness (QED) is 0.723. The smallest absolute Gasteiger partial charge is 0.275 e. The largest absolute Gasteiger partial charge is 0.352 e. The maximum Gasteiger partial charge on any atom is 0.352 e. The van der Waals surface area contributed by atoms with E-state index in [-0.39, 0.29) is 11.8 Å². The monoisotopic (exact) mass is 361 g/mol. The van der Waals surface area contributed by atoms with Gasteiger partial charge in [0.15, 0.2) is 0 Å². The SMILES string of the molecule is C=C(C)C1(n2[nH]c(=O)n(-c3ccccc3)c2=O)C2C=CC1c1nn(C)cc12. The molecule has 0 radical (unpaired) electrons. The number of aryl methyl sites for hydroxylation is 1. The number of hydrogen-bond donors (Lipinski definition) is 1. The molecule has 2 bridgehead atoms. The minimum atomic E-state index is -0.776. The Balaban J connectivity index is 1.77. The van der Waals surface area contributed by atoms with E-state index < -0.39 is 16.9 Å². The molecular formula is C20H19N5O2. The van der Waals surface area contributed by atoms with Crippen molar-refractivity contribution >= 4 is 0 Å². The lowest BCUT2D eigenvalue weighted by atomic mass is 9.79. The molecule has 2 aliphatic rings. The lowest BCUT2D eigenvalue weighted by molar-refractivity contribution is 0.278. The summed E-state index contributed by atoms with van der Waals surface area (Å²) in [5.41, 5.74) is 1.73. The van der Waals surface area contributed by atoms with Crippen molar-refractivity contribution in [2.45, 2.75) is 24.3 Å². The third kappa shape index (κ3) is 1.78. The minimum absolute atomic E-state index is 0.0938. The van der Waals surface area contributed by atoms with Crippen LogP contribution in [0.4, 0.5) is 0 Å². The van der Waals surface area contributed by atoms with Gasteiger partial charge >= 0.3 is 11.4 Å². The molecule has 1 aromatic carbocycles. The Morgan fingerprint density at radius 2 is 1.89 bits per heavy atom. The summed E-state index contributed by atoms with van der Waals surface area (Å²) in [6.07, 6.45) is 6.14. The van der Waals surface area contributed by atoms with E-state index in [0.717, 1.165) is 16.8 Å². The van der Waals surface area contributed by atoms with Crippen LogP contribution < -0.4 is 11.4 Å². The second-order valence-corrected chi connectivity index (χ2v) is 7.30. The van der Waals surface area contributed by atoms with Crippen molar-refractivity contribution in [1.82, 2.24) is 24.1 Å². The van der Waals surface area contributed by atoms with E-state index in [9.17, 15) is 9.59 Å². The minimum Gasteiger partial charge on any atom is -0.275 e. The number of aromatic amines is 1. The van der Waals surface area contributed by atoms with Crippen molar-refractivity contribution < 1.29 is 0 Å². The molecule has 0 saturated heterocycles. The summed E-state index contributed by atoms with van der Waals surface area (Å²) in [6.45, 7) is 6.10. The van der Waals surface area contributed by atoms with Crippen LogP contribution in [0.5, 0.6) is 0 Å². The van der Waals surface area contributed by atoms with E-state index in [4.69, 9.17) is 0 Å². The van der Waals surface area contributed by atoms with E-state index in [1.165, 1.54) is 9.25 Å².